The molecule has 0 aliphatic carbocycles. The lowest BCUT2D eigenvalue weighted by Gasteiger charge is -2.42. The van der Waals surface area contributed by atoms with Crippen molar-refractivity contribution in [3.63, 3.8) is 0 Å². The van der Waals surface area contributed by atoms with E-state index in [1.807, 2.05) is 0 Å². The summed E-state index contributed by atoms with van der Waals surface area (Å²) in [6.07, 6.45) is 2.63. The lowest BCUT2D eigenvalue weighted by atomic mass is 9.92. The highest BCUT2D eigenvalue weighted by Crippen LogP contribution is 2.26. The van der Waals surface area contributed by atoms with Crippen LogP contribution in [0.15, 0.2) is 0 Å². The molecular formula is C10H21N3. The minimum Gasteiger partial charge on any atom is -0.315 e. The van der Waals surface area contributed by atoms with Gasteiger partial charge in [0, 0.05) is 38.3 Å². The fourth-order valence-electron chi connectivity index (χ4n) is 2.66. The van der Waals surface area contributed by atoms with Gasteiger partial charge in [-0.3, -0.25) is 4.90 Å². The highest BCUT2D eigenvalue weighted by Gasteiger charge is 2.37. The van der Waals surface area contributed by atoms with Gasteiger partial charge < -0.3 is 10.6 Å². The predicted molar refractivity (Wildman–Crippen MR) is 55.0 cm³/mol. The van der Waals surface area contributed by atoms with Gasteiger partial charge in [-0.15, -0.1) is 0 Å². The summed E-state index contributed by atoms with van der Waals surface area (Å²) >= 11 is 0. The van der Waals surface area contributed by atoms with Gasteiger partial charge >= 0.3 is 0 Å². The Morgan fingerprint density at radius 3 is 2.46 bits per heavy atom. The quantitative estimate of drug-likeness (QED) is 0.633. The number of piperazine rings is 1. The van der Waals surface area contributed by atoms with E-state index in [0.717, 1.165) is 0 Å². The third-order valence-corrected chi connectivity index (χ3v) is 3.67. The van der Waals surface area contributed by atoms with E-state index in [0.29, 0.717) is 5.54 Å². The molecule has 3 heteroatoms. The van der Waals surface area contributed by atoms with Crippen LogP contribution in [0.25, 0.3) is 0 Å². The Hall–Kier alpha value is -0.120. The first kappa shape index (κ1) is 9.44. The molecule has 0 aromatic rings. The van der Waals surface area contributed by atoms with Crippen LogP contribution in [0, 0.1) is 0 Å². The van der Waals surface area contributed by atoms with Crippen molar-refractivity contribution in [2.45, 2.75) is 25.3 Å². The molecule has 2 saturated heterocycles. The lowest BCUT2D eigenvalue weighted by Crippen LogP contribution is -2.57. The van der Waals surface area contributed by atoms with E-state index in [1.54, 1.807) is 0 Å². The average molecular weight is 183 g/mol. The van der Waals surface area contributed by atoms with E-state index in [1.165, 1.54) is 52.1 Å². The van der Waals surface area contributed by atoms with Crippen LogP contribution in [0.3, 0.4) is 0 Å². The molecule has 0 aromatic carbocycles. The fourth-order valence-corrected chi connectivity index (χ4v) is 2.66. The summed E-state index contributed by atoms with van der Waals surface area (Å²) in [5.74, 6) is 0. The molecular weight excluding hydrogens is 162 g/mol. The van der Waals surface area contributed by atoms with Crippen molar-refractivity contribution in [2.75, 3.05) is 39.3 Å². The molecule has 2 aliphatic rings. The molecule has 76 valence electrons. The minimum atomic E-state index is 0.488. The van der Waals surface area contributed by atoms with Crippen molar-refractivity contribution in [1.29, 1.82) is 0 Å². The number of nitrogens with zero attached hydrogens (tertiary/aromatic N) is 1. The standard InChI is InChI=1S/C10H21N3/c1-2-10(3-4-12-9-10)13-7-5-11-6-8-13/h11-12H,2-9H2,1H3/t10-/m0/s1. The molecule has 13 heavy (non-hydrogen) atoms. The summed E-state index contributed by atoms with van der Waals surface area (Å²) in [7, 11) is 0. The van der Waals surface area contributed by atoms with E-state index >= 15 is 0 Å². The normalized spacial score (nSPS) is 36.7. The van der Waals surface area contributed by atoms with Crippen LogP contribution in [0.4, 0.5) is 0 Å². The van der Waals surface area contributed by atoms with Gasteiger partial charge in [-0.1, -0.05) is 6.92 Å². The Bertz CT molecular complexity index is 158. The van der Waals surface area contributed by atoms with Crippen LogP contribution in [-0.2, 0) is 0 Å². The van der Waals surface area contributed by atoms with Crippen molar-refractivity contribution in [3.05, 3.63) is 0 Å². The average Bonchev–Trinajstić information content (AvgIpc) is 2.69. The number of nitrogens with one attached hydrogen (secondary N) is 2. The summed E-state index contributed by atoms with van der Waals surface area (Å²) in [6.45, 7) is 9.53. The van der Waals surface area contributed by atoms with Crippen molar-refractivity contribution >= 4 is 0 Å². The molecule has 0 spiro atoms. The maximum absolute atomic E-state index is 3.50. The second-order valence-corrected chi connectivity index (χ2v) is 4.24. The minimum absolute atomic E-state index is 0.488. The number of hydrogen-bond donors (Lipinski definition) is 2. The monoisotopic (exact) mass is 183 g/mol. The van der Waals surface area contributed by atoms with Crippen LogP contribution in [0.2, 0.25) is 0 Å². The largest absolute Gasteiger partial charge is 0.315 e. The highest BCUT2D eigenvalue weighted by molar-refractivity contribution is 4.97. The van der Waals surface area contributed by atoms with Gasteiger partial charge in [0.15, 0.2) is 0 Å². The molecule has 2 fully saturated rings. The summed E-state index contributed by atoms with van der Waals surface area (Å²) in [5, 5.41) is 6.92. The van der Waals surface area contributed by atoms with Crippen LogP contribution in [0.1, 0.15) is 19.8 Å². The lowest BCUT2D eigenvalue weighted by molar-refractivity contribution is 0.0851. The van der Waals surface area contributed by atoms with E-state index < -0.39 is 0 Å². The third kappa shape index (κ3) is 1.73. The van der Waals surface area contributed by atoms with Crippen LogP contribution in [-0.4, -0.2) is 49.7 Å². The molecule has 1 atom stereocenters. The summed E-state index contributed by atoms with van der Waals surface area (Å²) in [4.78, 5) is 2.68. The molecule has 0 unspecified atom stereocenters. The van der Waals surface area contributed by atoms with Gasteiger partial charge in [0.25, 0.3) is 0 Å². The molecule has 0 bridgehead atoms. The maximum atomic E-state index is 3.50. The van der Waals surface area contributed by atoms with Gasteiger partial charge in [-0.25, -0.2) is 0 Å². The first-order chi connectivity index (χ1) is 6.37. The molecule has 0 aromatic heterocycles. The highest BCUT2D eigenvalue weighted by atomic mass is 15.3. The van der Waals surface area contributed by atoms with Gasteiger partial charge in [-0.2, -0.15) is 0 Å². The van der Waals surface area contributed by atoms with E-state index in [2.05, 4.69) is 22.5 Å². The first-order valence-corrected chi connectivity index (χ1v) is 5.54. The van der Waals surface area contributed by atoms with Gasteiger partial charge in [-0.05, 0) is 19.4 Å². The van der Waals surface area contributed by atoms with E-state index in [9.17, 15) is 0 Å². The Morgan fingerprint density at radius 2 is 1.92 bits per heavy atom. The molecule has 0 amide bonds. The smallest absolute Gasteiger partial charge is 0.0344 e. The second-order valence-electron chi connectivity index (χ2n) is 4.24. The van der Waals surface area contributed by atoms with Gasteiger partial charge in [0.1, 0.15) is 0 Å². The zero-order valence-electron chi connectivity index (χ0n) is 8.60. The molecule has 0 saturated carbocycles. The molecule has 0 radical (unpaired) electrons. The zero-order chi connectivity index (χ0) is 9.15. The fraction of sp³-hybridized carbons (Fsp3) is 1.00. The van der Waals surface area contributed by atoms with Crippen molar-refractivity contribution in [2.24, 2.45) is 0 Å². The summed E-state index contributed by atoms with van der Waals surface area (Å²) in [5.41, 5.74) is 0.488. The molecule has 2 aliphatic heterocycles. The molecule has 3 nitrogen and oxygen atoms in total. The maximum Gasteiger partial charge on any atom is 0.0344 e. The number of hydrogen-bond acceptors (Lipinski definition) is 3. The van der Waals surface area contributed by atoms with Gasteiger partial charge in [0.05, 0.1) is 0 Å². The Morgan fingerprint density at radius 1 is 1.15 bits per heavy atom. The van der Waals surface area contributed by atoms with Crippen molar-refractivity contribution in [3.8, 4) is 0 Å². The van der Waals surface area contributed by atoms with Crippen molar-refractivity contribution in [1.82, 2.24) is 15.5 Å². The summed E-state index contributed by atoms with van der Waals surface area (Å²) < 4.78 is 0. The third-order valence-electron chi connectivity index (χ3n) is 3.67. The van der Waals surface area contributed by atoms with E-state index in [-0.39, 0.29) is 0 Å². The van der Waals surface area contributed by atoms with Crippen molar-refractivity contribution < 1.29 is 0 Å². The predicted octanol–water partition coefficient (Wildman–Crippen LogP) is 0.0337. The summed E-state index contributed by atoms with van der Waals surface area (Å²) in [6, 6.07) is 0. The Balaban J connectivity index is 2.01. The van der Waals surface area contributed by atoms with Crippen LogP contribution >= 0.6 is 0 Å². The van der Waals surface area contributed by atoms with Crippen LogP contribution < -0.4 is 10.6 Å². The zero-order valence-corrected chi connectivity index (χ0v) is 8.60. The van der Waals surface area contributed by atoms with Crippen LogP contribution in [0.5, 0.6) is 0 Å². The SMILES string of the molecule is CC[C@]1(N2CCNCC2)CCNC1. The molecule has 2 heterocycles. The topological polar surface area (TPSA) is 27.3 Å². The Labute approximate surface area is 80.9 Å². The van der Waals surface area contributed by atoms with Gasteiger partial charge in [0.2, 0.25) is 0 Å². The Kier molecular flexibility index (Phi) is 2.86. The second kappa shape index (κ2) is 3.95. The molecule has 2 N–H and O–H groups in total. The van der Waals surface area contributed by atoms with E-state index in [4.69, 9.17) is 0 Å². The number of rotatable bonds is 2. The molecule has 2 rings (SSSR count). The first-order valence-electron chi connectivity index (χ1n) is 5.54.